The Morgan fingerprint density at radius 2 is 1.59 bits per heavy atom. The minimum atomic E-state index is 0.753. The van der Waals surface area contributed by atoms with Crippen LogP contribution in [0.3, 0.4) is 0 Å². The van der Waals surface area contributed by atoms with Crippen molar-refractivity contribution in [3.63, 3.8) is 0 Å². The topological polar surface area (TPSA) is 38.7 Å². The van der Waals surface area contributed by atoms with Crippen molar-refractivity contribution in [2.24, 2.45) is 0 Å². The van der Waals surface area contributed by atoms with E-state index in [2.05, 4.69) is 70.7 Å². The molecular weight excluding hydrogens is 330 g/mol. The molecule has 5 rings (SSSR count). The van der Waals surface area contributed by atoms with Gasteiger partial charge in [-0.25, -0.2) is 15.0 Å². The first kappa shape index (κ1) is 16.1. The highest BCUT2D eigenvalue weighted by Crippen LogP contribution is 2.35. The predicted molar refractivity (Wildman–Crippen MR) is 109 cm³/mol. The van der Waals surface area contributed by atoms with Crippen LogP contribution < -0.4 is 0 Å². The molecule has 0 fully saturated rings. The van der Waals surface area contributed by atoms with Crippen LogP contribution in [0.15, 0.2) is 60.7 Å². The summed E-state index contributed by atoms with van der Waals surface area (Å²) in [5.74, 6) is 2.28. The second-order valence-corrected chi connectivity index (χ2v) is 7.20. The standard InChI is InChI=1S/C24H21N3/c1-16-25-23(19-8-3-2-4-9-19)27-24(26-16)20-14-13-18-12-11-17-7-5-6-10-21(17)22(18)15-20/h3,5-10,13-15H,2,4,11-12H2,1H3. The molecule has 2 aliphatic rings. The fourth-order valence-corrected chi connectivity index (χ4v) is 3.97. The highest BCUT2D eigenvalue weighted by Gasteiger charge is 2.17. The van der Waals surface area contributed by atoms with E-state index >= 15 is 0 Å². The Bertz CT molecular complexity index is 1090. The van der Waals surface area contributed by atoms with Gasteiger partial charge in [0.1, 0.15) is 5.82 Å². The summed E-state index contributed by atoms with van der Waals surface area (Å²) in [7, 11) is 0. The highest BCUT2D eigenvalue weighted by molar-refractivity contribution is 5.78. The van der Waals surface area contributed by atoms with Gasteiger partial charge in [0.05, 0.1) is 0 Å². The zero-order chi connectivity index (χ0) is 18.2. The van der Waals surface area contributed by atoms with Crippen LogP contribution >= 0.6 is 0 Å². The van der Waals surface area contributed by atoms with E-state index in [1.54, 1.807) is 0 Å². The van der Waals surface area contributed by atoms with E-state index in [0.29, 0.717) is 0 Å². The van der Waals surface area contributed by atoms with Crippen molar-refractivity contribution in [1.29, 1.82) is 0 Å². The molecule has 27 heavy (non-hydrogen) atoms. The van der Waals surface area contributed by atoms with Crippen molar-refractivity contribution in [3.05, 3.63) is 83.5 Å². The van der Waals surface area contributed by atoms with E-state index < -0.39 is 0 Å². The fourth-order valence-electron chi connectivity index (χ4n) is 3.97. The second kappa shape index (κ2) is 6.58. The summed E-state index contributed by atoms with van der Waals surface area (Å²) >= 11 is 0. The number of aromatic nitrogens is 3. The summed E-state index contributed by atoms with van der Waals surface area (Å²) in [6, 6.07) is 15.3. The Kier molecular flexibility index (Phi) is 3.93. The number of hydrogen-bond donors (Lipinski definition) is 0. The van der Waals surface area contributed by atoms with Gasteiger partial charge in [-0.15, -0.1) is 0 Å². The maximum atomic E-state index is 4.79. The Morgan fingerprint density at radius 1 is 0.778 bits per heavy atom. The van der Waals surface area contributed by atoms with E-state index in [-0.39, 0.29) is 0 Å². The number of allylic oxidation sites excluding steroid dienone is 4. The molecule has 0 unspecified atom stereocenters. The molecule has 3 heteroatoms. The minimum absolute atomic E-state index is 0.753. The van der Waals surface area contributed by atoms with Gasteiger partial charge in [0.2, 0.25) is 0 Å². The smallest absolute Gasteiger partial charge is 0.163 e. The first-order valence-corrected chi connectivity index (χ1v) is 9.59. The van der Waals surface area contributed by atoms with Crippen LogP contribution in [0.1, 0.15) is 35.6 Å². The summed E-state index contributed by atoms with van der Waals surface area (Å²) < 4.78 is 0. The molecule has 3 aromatic rings. The molecule has 0 saturated carbocycles. The molecule has 0 radical (unpaired) electrons. The normalized spacial score (nSPS) is 15.1. The molecular formula is C24H21N3. The number of nitrogens with zero attached hydrogens (tertiary/aromatic N) is 3. The lowest BCUT2D eigenvalue weighted by molar-refractivity contribution is 0.938. The number of benzene rings is 2. The lowest BCUT2D eigenvalue weighted by atomic mass is 9.85. The SMILES string of the molecule is Cc1nc(C2=CCCC=C2)nc(-c2ccc3c(c2)-c2ccccc2CC3)n1. The Labute approximate surface area is 159 Å². The van der Waals surface area contributed by atoms with E-state index in [4.69, 9.17) is 4.98 Å². The first-order valence-electron chi connectivity index (χ1n) is 9.59. The van der Waals surface area contributed by atoms with Gasteiger partial charge in [-0.3, -0.25) is 0 Å². The van der Waals surface area contributed by atoms with Crippen LogP contribution in [0.2, 0.25) is 0 Å². The van der Waals surface area contributed by atoms with Gasteiger partial charge in [-0.2, -0.15) is 0 Å². The van der Waals surface area contributed by atoms with E-state index in [1.165, 1.54) is 22.3 Å². The van der Waals surface area contributed by atoms with E-state index in [1.807, 2.05) is 6.92 Å². The van der Waals surface area contributed by atoms with Gasteiger partial charge >= 0.3 is 0 Å². The zero-order valence-corrected chi connectivity index (χ0v) is 15.4. The first-order chi connectivity index (χ1) is 13.3. The average molecular weight is 351 g/mol. The number of hydrogen-bond acceptors (Lipinski definition) is 3. The van der Waals surface area contributed by atoms with E-state index in [0.717, 1.165) is 54.3 Å². The highest BCUT2D eigenvalue weighted by atomic mass is 15.0. The molecule has 1 aromatic heterocycles. The van der Waals surface area contributed by atoms with Crippen molar-refractivity contribution < 1.29 is 0 Å². The molecule has 0 saturated heterocycles. The van der Waals surface area contributed by atoms with Crippen LogP contribution in [-0.4, -0.2) is 15.0 Å². The molecule has 0 amide bonds. The quantitative estimate of drug-likeness (QED) is 0.625. The Hall–Kier alpha value is -3.07. The molecule has 0 bridgehead atoms. The fraction of sp³-hybridized carbons (Fsp3) is 0.208. The van der Waals surface area contributed by atoms with Gasteiger partial charge < -0.3 is 0 Å². The average Bonchev–Trinajstić information content (AvgIpc) is 2.73. The third-order valence-electron chi connectivity index (χ3n) is 5.34. The molecule has 132 valence electrons. The van der Waals surface area contributed by atoms with Crippen LogP contribution in [0.5, 0.6) is 0 Å². The molecule has 0 atom stereocenters. The maximum Gasteiger partial charge on any atom is 0.163 e. The molecule has 0 N–H and O–H groups in total. The molecule has 2 aliphatic carbocycles. The summed E-state index contributed by atoms with van der Waals surface area (Å²) in [5, 5.41) is 0. The Morgan fingerprint density at radius 3 is 2.44 bits per heavy atom. The number of fused-ring (bicyclic) bond motifs is 3. The maximum absolute atomic E-state index is 4.79. The molecule has 0 spiro atoms. The van der Waals surface area contributed by atoms with Crippen LogP contribution in [-0.2, 0) is 12.8 Å². The Balaban J connectivity index is 1.61. The number of rotatable bonds is 2. The van der Waals surface area contributed by atoms with Gasteiger partial charge in [0, 0.05) is 11.1 Å². The van der Waals surface area contributed by atoms with Crippen LogP contribution in [0, 0.1) is 6.92 Å². The molecule has 3 nitrogen and oxygen atoms in total. The van der Waals surface area contributed by atoms with E-state index in [9.17, 15) is 0 Å². The van der Waals surface area contributed by atoms with Gasteiger partial charge in [-0.1, -0.05) is 54.6 Å². The summed E-state index contributed by atoms with van der Waals surface area (Å²) in [4.78, 5) is 14.0. The minimum Gasteiger partial charge on any atom is -0.213 e. The van der Waals surface area contributed by atoms with Crippen LogP contribution in [0.25, 0.3) is 28.1 Å². The monoisotopic (exact) mass is 351 g/mol. The van der Waals surface area contributed by atoms with Crippen molar-refractivity contribution in [2.75, 3.05) is 0 Å². The van der Waals surface area contributed by atoms with Crippen molar-refractivity contribution >= 4 is 5.57 Å². The number of aryl methyl sites for hydroxylation is 3. The summed E-state index contributed by atoms with van der Waals surface area (Å²) in [6.45, 7) is 1.94. The summed E-state index contributed by atoms with van der Waals surface area (Å²) in [6.07, 6.45) is 10.8. The lowest BCUT2D eigenvalue weighted by Crippen LogP contribution is -2.05. The summed E-state index contributed by atoms with van der Waals surface area (Å²) in [5.41, 5.74) is 7.62. The molecule has 2 aromatic carbocycles. The van der Waals surface area contributed by atoms with Crippen molar-refractivity contribution in [2.45, 2.75) is 32.6 Å². The molecule has 1 heterocycles. The van der Waals surface area contributed by atoms with Crippen molar-refractivity contribution in [1.82, 2.24) is 15.0 Å². The van der Waals surface area contributed by atoms with Gasteiger partial charge in [0.15, 0.2) is 11.6 Å². The predicted octanol–water partition coefficient (Wildman–Crippen LogP) is 5.35. The second-order valence-electron chi connectivity index (χ2n) is 7.20. The van der Waals surface area contributed by atoms with Gasteiger partial charge in [0.25, 0.3) is 0 Å². The lowest BCUT2D eigenvalue weighted by Gasteiger charge is -2.20. The molecule has 0 aliphatic heterocycles. The zero-order valence-electron chi connectivity index (χ0n) is 15.4. The van der Waals surface area contributed by atoms with Crippen LogP contribution in [0.4, 0.5) is 0 Å². The third-order valence-corrected chi connectivity index (χ3v) is 5.34. The largest absolute Gasteiger partial charge is 0.213 e. The van der Waals surface area contributed by atoms with Crippen molar-refractivity contribution in [3.8, 4) is 22.5 Å². The van der Waals surface area contributed by atoms with Gasteiger partial charge in [-0.05, 0) is 60.9 Å². The third kappa shape index (κ3) is 2.99.